The molecule has 2 heterocycles. The molecule has 3 nitrogen and oxygen atoms in total. The minimum atomic E-state index is 0.621. The van der Waals surface area contributed by atoms with Crippen molar-refractivity contribution < 1.29 is 4.79 Å². The third-order valence-corrected chi connectivity index (χ3v) is 2.05. The molecule has 0 saturated carbocycles. The van der Waals surface area contributed by atoms with Gasteiger partial charge in [-0.3, -0.25) is 4.79 Å². The molecular weight excluding hydrogens is 164 g/mol. The van der Waals surface area contributed by atoms with E-state index in [1.54, 1.807) is 12.3 Å². The van der Waals surface area contributed by atoms with Gasteiger partial charge >= 0.3 is 0 Å². The molecule has 0 N–H and O–H groups in total. The molecule has 0 saturated heterocycles. The second-order valence-corrected chi connectivity index (χ2v) is 2.94. The van der Waals surface area contributed by atoms with Crippen molar-refractivity contribution in [3.8, 4) is 0 Å². The van der Waals surface area contributed by atoms with E-state index in [1.165, 1.54) is 0 Å². The van der Waals surface area contributed by atoms with Crippen LogP contribution in [0.4, 0.5) is 5.82 Å². The molecule has 1 aliphatic heterocycles. The second-order valence-electron chi connectivity index (χ2n) is 2.94. The first kappa shape index (κ1) is 7.98. The van der Waals surface area contributed by atoms with E-state index < -0.39 is 0 Å². The Morgan fingerprint density at radius 2 is 2.08 bits per heavy atom. The maximum absolute atomic E-state index is 10.4. The lowest BCUT2D eigenvalue weighted by molar-refractivity contribution is 0.112. The zero-order valence-electron chi connectivity index (χ0n) is 7.18. The SMILES string of the molecule is O=Cc1ccc(N2CC=CC2)nc1. The lowest BCUT2D eigenvalue weighted by atomic mass is 10.3. The average molecular weight is 174 g/mol. The van der Waals surface area contributed by atoms with Gasteiger partial charge in [0, 0.05) is 24.8 Å². The summed E-state index contributed by atoms with van der Waals surface area (Å²) in [5.41, 5.74) is 0.621. The molecule has 1 aromatic rings. The third kappa shape index (κ3) is 1.59. The molecule has 2 rings (SSSR count). The van der Waals surface area contributed by atoms with Crippen molar-refractivity contribution in [1.29, 1.82) is 0 Å². The van der Waals surface area contributed by atoms with Gasteiger partial charge < -0.3 is 4.90 Å². The topological polar surface area (TPSA) is 33.2 Å². The summed E-state index contributed by atoms with van der Waals surface area (Å²) in [5.74, 6) is 0.926. The molecule has 1 aromatic heterocycles. The second kappa shape index (κ2) is 3.39. The van der Waals surface area contributed by atoms with E-state index in [9.17, 15) is 4.79 Å². The normalized spacial score (nSPS) is 14.9. The average Bonchev–Trinajstić information content (AvgIpc) is 2.71. The Labute approximate surface area is 76.7 Å². The highest BCUT2D eigenvalue weighted by atomic mass is 16.1. The minimum Gasteiger partial charge on any atom is -0.349 e. The van der Waals surface area contributed by atoms with Crippen LogP contribution in [0.2, 0.25) is 0 Å². The smallest absolute Gasteiger partial charge is 0.151 e. The van der Waals surface area contributed by atoms with Gasteiger partial charge in [0.25, 0.3) is 0 Å². The fourth-order valence-electron chi connectivity index (χ4n) is 1.32. The maximum atomic E-state index is 10.4. The van der Waals surface area contributed by atoms with Gasteiger partial charge in [-0.2, -0.15) is 0 Å². The Balaban J connectivity index is 2.17. The van der Waals surface area contributed by atoms with Crippen molar-refractivity contribution in [2.45, 2.75) is 0 Å². The summed E-state index contributed by atoms with van der Waals surface area (Å²) in [4.78, 5) is 16.7. The first-order valence-corrected chi connectivity index (χ1v) is 4.21. The van der Waals surface area contributed by atoms with Gasteiger partial charge in [0.1, 0.15) is 5.82 Å². The number of hydrogen-bond acceptors (Lipinski definition) is 3. The summed E-state index contributed by atoms with van der Waals surface area (Å²) in [6, 6.07) is 3.66. The molecule has 13 heavy (non-hydrogen) atoms. The Bertz CT molecular complexity index is 321. The van der Waals surface area contributed by atoms with E-state index in [0.717, 1.165) is 25.2 Å². The highest BCUT2D eigenvalue weighted by molar-refractivity contribution is 5.74. The predicted octanol–water partition coefficient (Wildman–Crippen LogP) is 1.27. The van der Waals surface area contributed by atoms with E-state index in [-0.39, 0.29) is 0 Å². The molecule has 1 aliphatic rings. The van der Waals surface area contributed by atoms with Crippen LogP contribution in [0.5, 0.6) is 0 Å². The van der Waals surface area contributed by atoms with Gasteiger partial charge in [-0.25, -0.2) is 4.98 Å². The van der Waals surface area contributed by atoms with Crippen LogP contribution >= 0.6 is 0 Å². The molecule has 0 unspecified atom stereocenters. The Kier molecular flexibility index (Phi) is 2.08. The van der Waals surface area contributed by atoms with Crippen LogP contribution in [0, 0.1) is 0 Å². The molecule has 0 amide bonds. The molecule has 0 atom stereocenters. The summed E-state index contributed by atoms with van der Waals surface area (Å²) in [5, 5.41) is 0. The van der Waals surface area contributed by atoms with Crippen molar-refractivity contribution >= 4 is 12.1 Å². The van der Waals surface area contributed by atoms with E-state index in [2.05, 4.69) is 22.0 Å². The quantitative estimate of drug-likeness (QED) is 0.500. The van der Waals surface area contributed by atoms with Crippen LogP contribution in [-0.2, 0) is 0 Å². The Morgan fingerprint density at radius 3 is 2.62 bits per heavy atom. The molecule has 0 radical (unpaired) electrons. The largest absolute Gasteiger partial charge is 0.349 e. The van der Waals surface area contributed by atoms with Gasteiger partial charge in [0.15, 0.2) is 6.29 Å². The molecule has 0 spiro atoms. The lowest BCUT2D eigenvalue weighted by Gasteiger charge is -2.15. The fraction of sp³-hybridized carbons (Fsp3) is 0.200. The van der Waals surface area contributed by atoms with Crippen LogP contribution in [0.25, 0.3) is 0 Å². The van der Waals surface area contributed by atoms with Crippen LogP contribution < -0.4 is 4.90 Å². The fourth-order valence-corrected chi connectivity index (χ4v) is 1.32. The number of nitrogens with zero attached hydrogens (tertiary/aromatic N) is 2. The van der Waals surface area contributed by atoms with Gasteiger partial charge in [-0.15, -0.1) is 0 Å². The number of carbonyl (C=O) groups excluding carboxylic acids is 1. The summed E-state index contributed by atoms with van der Waals surface area (Å²) < 4.78 is 0. The van der Waals surface area contributed by atoms with E-state index in [1.807, 2.05) is 6.07 Å². The van der Waals surface area contributed by atoms with Gasteiger partial charge in [-0.1, -0.05) is 12.2 Å². The van der Waals surface area contributed by atoms with E-state index in [0.29, 0.717) is 5.56 Å². The number of aldehydes is 1. The number of hydrogen-bond donors (Lipinski definition) is 0. The number of anilines is 1. The van der Waals surface area contributed by atoms with Gasteiger partial charge in [0.2, 0.25) is 0 Å². The van der Waals surface area contributed by atoms with Gasteiger partial charge in [0.05, 0.1) is 0 Å². The summed E-state index contributed by atoms with van der Waals surface area (Å²) >= 11 is 0. The van der Waals surface area contributed by atoms with Crippen molar-refractivity contribution in [2.24, 2.45) is 0 Å². The number of aromatic nitrogens is 1. The van der Waals surface area contributed by atoms with Gasteiger partial charge in [-0.05, 0) is 12.1 Å². The zero-order valence-corrected chi connectivity index (χ0v) is 7.18. The Morgan fingerprint density at radius 1 is 1.31 bits per heavy atom. The molecular formula is C10H10N2O. The number of carbonyl (C=O) groups is 1. The van der Waals surface area contributed by atoms with Crippen LogP contribution in [0.3, 0.4) is 0 Å². The first-order chi connectivity index (χ1) is 6.40. The highest BCUT2D eigenvalue weighted by Gasteiger charge is 2.07. The molecule has 0 fully saturated rings. The third-order valence-electron chi connectivity index (χ3n) is 2.05. The van der Waals surface area contributed by atoms with Crippen molar-refractivity contribution in [3.63, 3.8) is 0 Å². The maximum Gasteiger partial charge on any atom is 0.151 e. The van der Waals surface area contributed by atoms with Crippen LogP contribution in [0.15, 0.2) is 30.5 Å². The predicted molar refractivity (Wildman–Crippen MR) is 51.0 cm³/mol. The molecule has 0 aliphatic carbocycles. The molecule has 0 bridgehead atoms. The summed E-state index contributed by atoms with van der Waals surface area (Å²) in [7, 11) is 0. The minimum absolute atomic E-state index is 0.621. The first-order valence-electron chi connectivity index (χ1n) is 4.21. The zero-order chi connectivity index (χ0) is 9.10. The van der Waals surface area contributed by atoms with Crippen LogP contribution in [-0.4, -0.2) is 24.4 Å². The molecule has 0 aromatic carbocycles. The van der Waals surface area contributed by atoms with Crippen molar-refractivity contribution in [3.05, 3.63) is 36.0 Å². The van der Waals surface area contributed by atoms with Crippen molar-refractivity contribution in [2.75, 3.05) is 18.0 Å². The molecule has 66 valence electrons. The summed E-state index contributed by atoms with van der Waals surface area (Å²) in [6.07, 6.45) is 6.62. The standard InChI is InChI=1S/C10H10N2O/c13-8-9-3-4-10(11-7-9)12-5-1-2-6-12/h1-4,7-8H,5-6H2. The molecule has 3 heteroatoms. The monoisotopic (exact) mass is 174 g/mol. The van der Waals surface area contributed by atoms with E-state index >= 15 is 0 Å². The summed E-state index contributed by atoms with van der Waals surface area (Å²) in [6.45, 7) is 1.82. The van der Waals surface area contributed by atoms with Crippen molar-refractivity contribution in [1.82, 2.24) is 4.98 Å². The highest BCUT2D eigenvalue weighted by Crippen LogP contribution is 2.13. The Hall–Kier alpha value is -1.64. The number of rotatable bonds is 2. The van der Waals surface area contributed by atoms with E-state index in [4.69, 9.17) is 0 Å². The van der Waals surface area contributed by atoms with Crippen LogP contribution in [0.1, 0.15) is 10.4 Å². The number of pyridine rings is 1. The lowest BCUT2D eigenvalue weighted by Crippen LogP contribution is -2.19.